The minimum absolute atomic E-state index is 0.0501. The average molecular weight is 449 g/mol. The molecule has 0 bridgehead atoms. The van der Waals surface area contributed by atoms with Gasteiger partial charge in [-0.3, -0.25) is 4.79 Å². The third-order valence-electron chi connectivity index (χ3n) is 5.07. The quantitative estimate of drug-likeness (QED) is 0.551. The van der Waals surface area contributed by atoms with Gasteiger partial charge in [-0.25, -0.2) is 4.68 Å². The van der Waals surface area contributed by atoms with Gasteiger partial charge in [0.2, 0.25) is 5.75 Å². The number of nitrogens with zero attached hydrogens (tertiary/aromatic N) is 3. The molecule has 1 fully saturated rings. The van der Waals surface area contributed by atoms with Crippen molar-refractivity contribution in [3.05, 3.63) is 52.4 Å². The van der Waals surface area contributed by atoms with Gasteiger partial charge in [0.1, 0.15) is 5.69 Å². The molecule has 9 heteroatoms. The van der Waals surface area contributed by atoms with Crippen LogP contribution in [-0.4, -0.2) is 71.6 Å². The van der Waals surface area contributed by atoms with Crippen LogP contribution < -0.4 is 20.5 Å². The molecule has 3 N–H and O–H groups in total. The molecule has 1 saturated heterocycles. The summed E-state index contributed by atoms with van der Waals surface area (Å²) in [5.74, 6) is 0.381. The number of anilines is 1. The fraction of sp³-hybridized carbons (Fsp3) is 0.565. The molecule has 0 amide bonds. The van der Waals surface area contributed by atoms with E-state index in [4.69, 9.17) is 14.6 Å². The SMILES string of the molecule is CC(C)(CO)NCC(O)c1ccccc1.CCOc1c(N2CCOCC2)cnn(C)c1=O. The zero-order valence-corrected chi connectivity index (χ0v) is 19.5. The Kier molecular flexibility index (Phi) is 10.1. The summed E-state index contributed by atoms with van der Waals surface area (Å²) in [7, 11) is 1.62. The Hall–Kier alpha value is -2.46. The number of morpholine rings is 1. The number of β-amino-alcohol motifs (C(OH)–C–C–N with tert-alkyl or cyclic N) is 1. The molecule has 32 heavy (non-hydrogen) atoms. The lowest BCUT2D eigenvalue weighted by molar-refractivity contribution is 0.122. The first kappa shape index (κ1) is 25.8. The van der Waals surface area contributed by atoms with Crippen LogP contribution >= 0.6 is 0 Å². The molecule has 178 valence electrons. The number of aliphatic hydroxyl groups is 2. The maximum Gasteiger partial charge on any atom is 0.310 e. The summed E-state index contributed by atoms with van der Waals surface area (Å²) in [4.78, 5) is 14.0. The van der Waals surface area contributed by atoms with Crippen LogP contribution in [0.4, 0.5) is 5.69 Å². The highest BCUT2D eigenvalue weighted by Crippen LogP contribution is 2.23. The molecule has 1 aliphatic rings. The Morgan fingerprint density at radius 2 is 1.91 bits per heavy atom. The first-order valence-corrected chi connectivity index (χ1v) is 10.9. The summed E-state index contributed by atoms with van der Waals surface area (Å²) in [5, 5.41) is 26.0. The van der Waals surface area contributed by atoms with Crippen LogP contribution in [0.25, 0.3) is 0 Å². The molecule has 2 heterocycles. The van der Waals surface area contributed by atoms with Crippen LogP contribution in [0.3, 0.4) is 0 Å². The fourth-order valence-corrected chi connectivity index (χ4v) is 3.04. The van der Waals surface area contributed by atoms with E-state index in [9.17, 15) is 9.90 Å². The van der Waals surface area contributed by atoms with E-state index in [2.05, 4.69) is 15.3 Å². The summed E-state index contributed by atoms with van der Waals surface area (Å²) >= 11 is 0. The third-order valence-corrected chi connectivity index (χ3v) is 5.07. The monoisotopic (exact) mass is 448 g/mol. The second-order valence-corrected chi connectivity index (χ2v) is 8.17. The van der Waals surface area contributed by atoms with Gasteiger partial charge < -0.3 is 29.9 Å². The van der Waals surface area contributed by atoms with Crippen molar-refractivity contribution in [3.63, 3.8) is 0 Å². The van der Waals surface area contributed by atoms with E-state index < -0.39 is 6.10 Å². The molecule has 0 radical (unpaired) electrons. The zero-order chi connectivity index (χ0) is 23.6. The Morgan fingerprint density at radius 3 is 2.50 bits per heavy atom. The Labute approximate surface area is 189 Å². The first-order valence-electron chi connectivity index (χ1n) is 10.9. The topological polar surface area (TPSA) is 109 Å². The molecule has 9 nitrogen and oxygen atoms in total. The minimum Gasteiger partial charge on any atom is -0.487 e. The highest BCUT2D eigenvalue weighted by atomic mass is 16.5. The van der Waals surface area contributed by atoms with E-state index in [1.807, 2.05) is 51.1 Å². The minimum atomic E-state index is -0.531. The summed E-state index contributed by atoms with van der Waals surface area (Å²) in [6.45, 7) is 9.46. The zero-order valence-electron chi connectivity index (χ0n) is 19.5. The van der Waals surface area contributed by atoms with Gasteiger partial charge in [0.05, 0.1) is 38.7 Å². The van der Waals surface area contributed by atoms with Crippen molar-refractivity contribution < 1.29 is 19.7 Å². The lowest BCUT2D eigenvalue weighted by Gasteiger charge is -2.29. The molecular weight excluding hydrogens is 412 g/mol. The Bertz CT molecular complexity index is 866. The molecule has 0 saturated carbocycles. The number of aryl methyl sites for hydroxylation is 1. The summed E-state index contributed by atoms with van der Waals surface area (Å²) in [6.07, 6.45) is 1.15. The van der Waals surface area contributed by atoms with Crippen molar-refractivity contribution in [3.8, 4) is 5.75 Å². The molecule has 0 aliphatic carbocycles. The van der Waals surface area contributed by atoms with Crippen LogP contribution in [0.1, 0.15) is 32.4 Å². The molecule has 1 aromatic carbocycles. The second-order valence-electron chi connectivity index (χ2n) is 8.17. The number of ether oxygens (including phenoxy) is 2. The van der Waals surface area contributed by atoms with Crippen LogP contribution in [0.2, 0.25) is 0 Å². The van der Waals surface area contributed by atoms with E-state index in [0.717, 1.165) is 24.3 Å². The summed E-state index contributed by atoms with van der Waals surface area (Å²) in [6, 6.07) is 9.49. The van der Waals surface area contributed by atoms with Crippen molar-refractivity contribution in [2.24, 2.45) is 7.05 Å². The Balaban J connectivity index is 0.000000229. The fourth-order valence-electron chi connectivity index (χ4n) is 3.04. The number of hydrogen-bond acceptors (Lipinski definition) is 8. The standard InChI is InChI=1S/C12H19NO2.C11H17N3O3/c1-12(2,9-14)13-8-11(15)10-6-4-3-5-7-10;1-3-17-10-9(8-12-13(2)11(10)15)14-4-6-16-7-5-14/h3-7,11,13-15H,8-9H2,1-2H3;8H,3-7H2,1-2H3. The van der Waals surface area contributed by atoms with Gasteiger partial charge in [0, 0.05) is 32.2 Å². The van der Waals surface area contributed by atoms with Crippen molar-refractivity contribution in [2.75, 3.05) is 51.0 Å². The predicted molar refractivity (Wildman–Crippen MR) is 124 cm³/mol. The number of aliphatic hydroxyl groups excluding tert-OH is 2. The van der Waals surface area contributed by atoms with Gasteiger partial charge >= 0.3 is 5.56 Å². The van der Waals surface area contributed by atoms with Gasteiger partial charge in [-0.05, 0) is 26.3 Å². The molecule has 1 aromatic heterocycles. The molecule has 1 unspecified atom stereocenters. The van der Waals surface area contributed by atoms with E-state index >= 15 is 0 Å². The maximum atomic E-state index is 11.9. The number of aromatic nitrogens is 2. The number of nitrogens with one attached hydrogen (secondary N) is 1. The maximum absolute atomic E-state index is 11.9. The van der Waals surface area contributed by atoms with Crippen LogP contribution in [0.5, 0.6) is 5.75 Å². The normalized spacial score (nSPS) is 15.0. The summed E-state index contributed by atoms with van der Waals surface area (Å²) < 4.78 is 12.0. The predicted octanol–water partition coefficient (Wildman–Crippen LogP) is 1.10. The first-order chi connectivity index (χ1) is 15.3. The average Bonchev–Trinajstić information content (AvgIpc) is 2.82. The van der Waals surface area contributed by atoms with Crippen molar-refractivity contribution in [1.82, 2.24) is 15.1 Å². The number of hydrogen-bond donors (Lipinski definition) is 3. The second kappa shape index (κ2) is 12.5. The van der Waals surface area contributed by atoms with E-state index in [0.29, 0.717) is 32.1 Å². The molecule has 1 atom stereocenters. The molecule has 2 aromatic rings. The van der Waals surface area contributed by atoms with Crippen LogP contribution in [0.15, 0.2) is 41.3 Å². The van der Waals surface area contributed by atoms with Crippen molar-refractivity contribution in [1.29, 1.82) is 0 Å². The molecular formula is C23H36N4O5. The summed E-state index contributed by atoms with van der Waals surface area (Å²) in [5.41, 5.74) is 1.10. The highest BCUT2D eigenvalue weighted by molar-refractivity contribution is 5.56. The van der Waals surface area contributed by atoms with Gasteiger partial charge in [-0.2, -0.15) is 5.10 Å². The van der Waals surface area contributed by atoms with Gasteiger partial charge in [0.25, 0.3) is 0 Å². The van der Waals surface area contributed by atoms with Crippen molar-refractivity contribution >= 4 is 5.69 Å². The van der Waals surface area contributed by atoms with Crippen LogP contribution in [-0.2, 0) is 11.8 Å². The van der Waals surface area contributed by atoms with Gasteiger partial charge in [-0.15, -0.1) is 0 Å². The Morgan fingerprint density at radius 1 is 1.25 bits per heavy atom. The molecule has 0 spiro atoms. The largest absolute Gasteiger partial charge is 0.487 e. The van der Waals surface area contributed by atoms with E-state index in [1.54, 1.807) is 13.2 Å². The lowest BCUT2D eigenvalue weighted by Crippen LogP contribution is -2.44. The van der Waals surface area contributed by atoms with E-state index in [-0.39, 0.29) is 17.7 Å². The molecule has 1 aliphatic heterocycles. The highest BCUT2D eigenvalue weighted by Gasteiger charge is 2.19. The van der Waals surface area contributed by atoms with Crippen molar-refractivity contribution in [2.45, 2.75) is 32.4 Å². The van der Waals surface area contributed by atoms with E-state index in [1.165, 1.54) is 4.68 Å². The number of rotatable bonds is 8. The van der Waals surface area contributed by atoms with Gasteiger partial charge in [-0.1, -0.05) is 30.3 Å². The molecule has 3 rings (SSSR count). The van der Waals surface area contributed by atoms with Crippen LogP contribution in [0, 0.1) is 0 Å². The lowest BCUT2D eigenvalue weighted by atomic mass is 10.1. The number of benzene rings is 1. The smallest absolute Gasteiger partial charge is 0.310 e. The third kappa shape index (κ3) is 7.59. The van der Waals surface area contributed by atoms with Gasteiger partial charge in [0.15, 0.2) is 0 Å².